The molecule has 25 nitrogen and oxygen atoms in total. The van der Waals surface area contributed by atoms with E-state index < -0.39 is 81.6 Å². The summed E-state index contributed by atoms with van der Waals surface area (Å²) >= 11 is 0. The summed E-state index contributed by atoms with van der Waals surface area (Å²) in [6.45, 7) is 14.4. The summed E-state index contributed by atoms with van der Waals surface area (Å²) in [4.78, 5) is 125. The molecule has 2 aromatic rings. The van der Waals surface area contributed by atoms with Crippen LogP contribution in [0.4, 0.5) is 0 Å². The number of nitrogens with one attached hydrogen (secondary N) is 1. The molecule has 74 heavy (non-hydrogen) atoms. The SMILES string of the molecule is C.C.C.C[C@H]1CN2CC(C(=O)NCCN3C(=O)c4cc(O)c(O)cc4C3=O)=C(C(=O)OC(C)(C)C)N2C1=O.C[C@H]1CN2CC(C(=O)O)=C(C(=O)OC(C)(C)C)N2C1=O.NCCN1C(=O)c2cc(O)c(O)cc2C1=O. The molecule has 0 aromatic heterocycles. The number of hydrogen-bond donors (Lipinski definition) is 7. The first-order chi connectivity index (χ1) is 33.0. The van der Waals surface area contributed by atoms with Gasteiger partial charge in [-0.2, -0.15) is 0 Å². The Balaban J connectivity index is 0.000000315. The number of nitrogens with two attached hydrogens (primary N) is 1. The molecule has 0 bridgehead atoms. The average molecular weight is 1040 g/mol. The van der Waals surface area contributed by atoms with Crippen molar-refractivity contribution in [3.05, 3.63) is 69.1 Å². The van der Waals surface area contributed by atoms with E-state index >= 15 is 0 Å². The summed E-state index contributed by atoms with van der Waals surface area (Å²) in [5.41, 5.74) is 3.41. The number of phenols is 4. The number of carbonyl (C=O) groups is 10. The fraction of sp³-hybridized carbons (Fsp3) is 0.469. The van der Waals surface area contributed by atoms with Gasteiger partial charge in [-0.25, -0.2) is 34.4 Å². The molecule has 8 N–H and O–H groups in total. The summed E-state index contributed by atoms with van der Waals surface area (Å²) in [5.74, 6) is -8.84. The standard InChI is InChI=1S/C23H26N4O8.C13H18N2O5.C10H10N2O4.3CH4/c1-11-9-25-10-14(17(27(25)19(11)31)22(34)35-23(2,3)4)18(30)24-5-6-26-20(32)12-7-15(28)16(29)8-13(12)21(26)33;1-7-5-14-6-8(11(17)18)9(15(14)10(7)16)12(19)20-13(2,3)4;11-1-2-12-9(15)5-3-7(13)8(14)4-6(5)10(12)16;;;/h7-8,11,28-29H,5-6,9-10H2,1-4H3,(H,24,30);7H,5-6H2,1-4H3,(H,17,18);3-4,13-14H,1-2,11H2;3*1H4/t11-;7-;;;;/m00..../s1. The third-order valence-electron chi connectivity index (χ3n) is 11.3. The quantitative estimate of drug-likeness (QED) is 0.107. The van der Waals surface area contributed by atoms with Crippen molar-refractivity contribution in [2.75, 3.05) is 52.4 Å². The second-order valence-corrected chi connectivity index (χ2v) is 19.1. The Bertz CT molecular complexity index is 2670. The van der Waals surface area contributed by atoms with E-state index in [9.17, 15) is 73.5 Å². The Morgan fingerprint density at radius 3 is 1.24 bits per heavy atom. The van der Waals surface area contributed by atoms with Crippen molar-refractivity contribution in [3.63, 3.8) is 0 Å². The maximum absolute atomic E-state index is 13.0. The van der Waals surface area contributed by atoms with Crippen LogP contribution < -0.4 is 11.1 Å². The van der Waals surface area contributed by atoms with Gasteiger partial charge in [0.05, 0.1) is 58.3 Å². The summed E-state index contributed by atoms with van der Waals surface area (Å²) in [5, 5.41) is 55.1. The zero-order valence-electron chi connectivity index (χ0n) is 40.0. The number of fused-ring (bicyclic) bond motifs is 4. The fourth-order valence-electron chi connectivity index (χ4n) is 8.16. The van der Waals surface area contributed by atoms with Crippen LogP contribution in [0.3, 0.4) is 0 Å². The van der Waals surface area contributed by atoms with Crippen LogP contribution in [-0.2, 0) is 38.2 Å². The molecular formula is C49H66N8O17. The van der Waals surface area contributed by atoms with Gasteiger partial charge < -0.3 is 46.1 Å². The molecule has 2 fully saturated rings. The molecule has 8 rings (SSSR count). The zero-order valence-corrected chi connectivity index (χ0v) is 40.0. The van der Waals surface area contributed by atoms with Crippen molar-refractivity contribution in [2.45, 2.75) is 88.9 Å². The number of hydrogen-bond acceptors (Lipinski definition) is 19. The smallest absolute Gasteiger partial charge is 0.357 e. The van der Waals surface area contributed by atoms with E-state index in [0.29, 0.717) is 13.1 Å². The van der Waals surface area contributed by atoms with E-state index in [2.05, 4.69) is 5.32 Å². The van der Waals surface area contributed by atoms with Crippen molar-refractivity contribution < 1.29 is 83.0 Å². The molecule has 7 amide bonds. The van der Waals surface area contributed by atoms with Crippen LogP contribution >= 0.6 is 0 Å². The Hall–Kier alpha value is -7.90. The molecule has 6 aliphatic heterocycles. The highest BCUT2D eigenvalue weighted by atomic mass is 16.6. The fourth-order valence-corrected chi connectivity index (χ4v) is 8.16. The number of benzene rings is 2. The molecule has 25 heteroatoms. The third kappa shape index (κ3) is 11.8. The molecule has 404 valence electrons. The number of imide groups is 2. The molecule has 2 atom stereocenters. The molecule has 0 radical (unpaired) electrons. The molecule has 0 aliphatic carbocycles. The van der Waals surface area contributed by atoms with E-state index in [1.54, 1.807) is 65.4 Å². The van der Waals surface area contributed by atoms with Gasteiger partial charge in [-0.05, 0) is 65.8 Å². The number of carboxylic acid groups (broad SMARTS) is 1. The predicted molar refractivity (Wildman–Crippen MR) is 261 cm³/mol. The predicted octanol–water partition coefficient (Wildman–Crippen LogP) is 2.05. The van der Waals surface area contributed by atoms with E-state index in [1.165, 1.54) is 5.01 Å². The molecule has 2 saturated heterocycles. The zero-order chi connectivity index (χ0) is 52.9. The maximum Gasteiger partial charge on any atom is 0.357 e. The number of carbonyl (C=O) groups excluding carboxylic acids is 9. The molecular weight excluding hydrogens is 973 g/mol. The molecule has 0 spiro atoms. The first-order valence-electron chi connectivity index (χ1n) is 22.1. The topological polar surface area (TPSA) is 348 Å². The van der Waals surface area contributed by atoms with Gasteiger partial charge in [0.15, 0.2) is 34.4 Å². The van der Waals surface area contributed by atoms with Crippen molar-refractivity contribution in [1.29, 1.82) is 0 Å². The lowest BCUT2D eigenvalue weighted by atomic mass is 10.1. The Kier molecular flexibility index (Phi) is 18.3. The van der Waals surface area contributed by atoms with Crippen LogP contribution in [0.15, 0.2) is 46.8 Å². The highest BCUT2D eigenvalue weighted by Crippen LogP contribution is 2.37. The van der Waals surface area contributed by atoms with Gasteiger partial charge in [0.25, 0.3) is 29.5 Å². The Morgan fingerprint density at radius 1 is 0.595 bits per heavy atom. The van der Waals surface area contributed by atoms with Gasteiger partial charge in [0, 0.05) is 39.3 Å². The summed E-state index contributed by atoms with van der Waals surface area (Å²) in [6.07, 6.45) is 0. The highest BCUT2D eigenvalue weighted by molar-refractivity contribution is 6.22. The number of nitrogens with zero attached hydrogens (tertiary/aromatic N) is 6. The normalized spacial score (nSPS) is 18.9. The van der Waals surface area contributed by atoms with Gasteiger partial charge in [-0.15, -0.1) is 0 Å². The molecule has 0 saturated carbocycles. The Labute approximate surface area is 427 Å². The second kappa shape index (κ2) is 22.5. The number of aliphatic carboxylic acids is 1. The van der Waals surface area contributed by atoms with Gasteiger partial charge in [0.2, 0.25) is 11.8 Å². The monoisotopic (exact) mass is 1040 g/mol. The summed E-state index contributed by atoms with van der Waals surface area (Å²) in [7, 11) is 0. The molecule has 6 heterocycles. The largest absolute Gasteiger partial charge is 0.504 e. The van der Waals surface area contributed by atoms with Crippen molar-refractivity contribution >= 4 is 59.3 Å². The average Bonchev–Trinajstić information content (AvgIpc) is 4.07. The number of rotatable bonds is 9. The van der Waals surface area contributed by atoms with E-state index in [1.807, 2.05) is 0 Å². The van der Waals surface area contributed by atoms with Gasteiger partial charge in [0.1, 0.15) is 11.2 Å². The summed E-state index contributed by atoms with van der Waals surface area (Å²) in [6, 6.07) is 4.20. The number of ether oxygens (including phenoxy) is 2. The Morgan fingerprint density at radius 2 is 0.919 bits per heavy atom. The number of aromatic hydroxyl groups is 4. The van der Waals surface area contributed by atoms with E-state index in [-0.39, 0.29) is 130 Å². The number of hydrazine groups is 2. The van der Waals surface area contributed by atoms with Crippen molar-refractivity contribution in [1.82, 2.24) is 35.2 Å². The number of esters is 2. The summed E-state index contributed by atoms with van der Waals surface area (Å²) < 4.78 is 10.6. The molecule has 6 aliphatic rings. The number of carboxylic acids is 1. The van der Waals surface area contributed by atoms with Crippen LogP contribution in [-0.4, -0.2) is 178 Å². The van der Waals surface area contributed by atoms with Crippen LogP contribution in [0.25, 0.3) is 0 Å². The minimum atomic E-state index is -1.21. The number of phenolic OH excluding ortho intramolecular Hbond substituents is 4. The van der Waals surface area contributed by atoms with Gasteiger partial charge in [-0.3, -0.25) is 43.4 Å². The lowest BCUT2D eigenvalue weighted by Gasteiger charge is -2.24. The minimum absolute atomic E-state index is 0. The first kappa shape index (κ1) is 60.4. The van der Waals surface area contributed by atoms with Crippen LogP contribution in [0.1, 0.15) is 119 Å². The van der Waals surface area contributed by atoms with Crippen molar-refractivity contribution in [3.8, 4) is 23.0 Å². The van der Waals surface area contributed by atoms with Gasteiger partial charge in [-0.1, -0.05) is 36.1 Å². The lowest BCUT2D eigenvalue weighted by molar-refractivity contribution is -0.156. The highest BCUT2D eigenvalue weighted by Gasteiger charge is 2.50. The second-order valence-electron chi connectivity index (χ2n) is 19.1. The van der Waals surface area contributed by atoms with Crippen LogP contribution in [0.2, 0.25) is 0 Å². The lowest BCUT2D eigenvalue weighted by Crippen LogP contribution is -2.39. The van der Waals surface area contributed by atoms with Crippen LogP contribution in [0, 0.1) is 11.8 Å². The third-order valence-corrected chi connectivity index (χ3v) is 11.3. The first-order valence-corrected chi connectivity index (χ1v) is 22.1. The number of amides is 7. The van der Waals surface area contributed by atoms with E-state index in [4.69, 9.17) is 15.2 Å². The molecule has 0 unspecified atom stereocenters. The van der Waals surface area contributed by atoms with Crippen LogP contribution in [0.5, 0.6) is 23.0 Å². The minimum Gasteiger partial charge on any atom is -0.504 e. The van der Waals surface area contributed by atoms with E-state index in [0.717, 1.165) is 39.1 Å². The van der Waals surface area contributed by atoms with Gasteiger partial charge >= 0.3 is 17.9 Å². The van der Waals surface area contributed by atoms with Crippen molar-refractivity contribution in [2.24, 2.45) is 17.6 Å². The maximum atomic E-state index is 13.0. The molecule has 2 aromatic carbocycles.